The Bertz CT molecular complexity index is 803. The average molecular weight is 494 g/mol. The molecule has 2 aliphatic heterocycles. The number of rotatable bonds is 9. The molecule has 2 amide bonds. The second kappa shape index (κ2) is 10.7. The van der Waals surface area contributed by atoms with Gasteiger partial charge in [0, 0.05) is 19.2 Å². The molecule has 6 atom stereocenters. The highest BCUT2D eigenvalue weighted by molar-refractivity contribution is 5.78. The molecule has 2 saturated carbocycles. The van der Waals surface area contributed by atoms with Gasteiger partial charge in [-0.2, -0.15) is 0 Å². The van der Waals surface area contributed by atoms with Crippen LogP contribution in [0, 0.1) is 5.92 Å². The Labute approximate surface area is 209 Å². The quantitative estimate of drug-likeness (QED) is 0.334. The first kappa shape index (κ1) is 26.4. The Balaban J connectivity index is 1.30. The number of methoxy groups -OCH3 is 1. The van der Waals surface area contributed by atoms with Crippen LogP contribution in [-0.2, 0) is 23.7 Å². The SMILES string of the molecule is CNCC(=O)NC1CCC(NC(=O)OC2CC[C@]3(CO3)C([C@@]3(C)O[C@@H]3CC=C(C)C)C2OC)CC1. The maximum Gasteiger partial charge on any atom is 0.407 e. The molecule has 2 aliphatic carbocycles. The molecule has 35 heavy (non-hydrogen) atoms. The standard InChI is InChI=1S/C26H43N3O6/c1-16(2)6-11-20-25(3,35-20)23-22(32-5)19(12-13-26(23)15-33-26)34-24(31)29-18-9-7-17(8-10-18)28-21(30)14-27-4/h6,17-20,22-23,27H,7-15H2,1-5H3,(H,28,30)(H,29,31)/t17?,18?,19?,20-,22?,23?,25+,26+/m1/s1. The first-order valence-corrected chi connectivity index (χ1v) is 13.1. The summed E-state index contributed by atoms with van der Waals surface area (Å²) in [4.78, 5) is 24.6. The summed E-state index contributed by atoms with van der Waals surface area (Å²) in [6.45, 7) is 7.36. The lowest BCUT2D eigenvalue weighted by molar-refractivity contribution is -0.121. The molecule has 3 unspecified atom stereocenters. The fourth-order valence-electron chi connectivity index (χ4n) is 6.23. The predicted octanol–water partition coefficient (Wildman–Crippen LogP) is 2.44. The second-order valence-corrected chi connectivity index (χ2v) is 11.1. The lowest BCUT2D eigenvalue weighted by atomic mass is 9.68. The van der Waals surface area contributed by atoms with Crippen molar-refractivity contribution in [2.75, 3.05) is 27.3 Å². The van der Waals surface area contributed by atoms with Gasteiger partial charge in [0.1, 0.15) is 23.4 Å². The van der Waals surface area contributed by atoms with Crippen molar-refractivity contribution in [3.63, 3.8) is 0 Å². The van der Waals surface area contributed by atoms with E-state index in [4.69, 9.17) is 18.9 Å². The van der Waals surface area contributed by atoms with E-state index < -0.39 is 6.09 Å². The molecule has 0 aromatic heterocycles. The van der Waals surface area contributed by atoms with Crippen molar-refractivity contribution >= 4 is 12.0 Å². The van der Waals surface area contributed by atoms with E-state index in [2.05, 4.69) is 42.8 Å². The normalized spacial score (nSPS) is 40.0. The Morgan fingerprint density at radius 1 is 1.09 bits per heavy atom. The third-order valence-corrected chi connectivity index (χ3v) is 8.25. The maximum atomic E-state index is 12.8. The monoisotopic (exact) mass is 493 g/mol. The summed E-state index contributed by atoms with van der Waals surface area (Å²) in [6.07, 6.45) is 7.04. The van der Waals surface area contributed by atoms with Crippen molar-refractivity contribution in [2.24, 2.45) is 5.92 Å². The van der Waals surface area contributed by atoms with Gasteiger partial charge in [0.05, 0.1) is 25.2 Å². The van der Waals surface area contributed by atoms with E-state index in [1.807, 2.05) is 0 Å². The van der Waals surface area contributed by atoms with Crippen LogP contribution in [0.5, 0.6) is 0 Å². The Morgan fingerprint density at radius 3 is 2.31 bits per heavy atom. The summed E-state index contributed by atoms with van der Waals surface area (Å²) >= 11 is 0. The Kier molecular flexibility index (Phi) is 8.10. The van der Waals surface area contributed by atoms with Crippen LogP contribution in [0.2, 0.25) is 0 Å². The molecule has 2 heterocycles. The smallest absolute Gasteiger partial charge is 0.407 e. The fraction of sp³-hybridized carbons (Fsp3) is 0.846. The lowest BCUT2D eigenvalue weighted by Gasteiger charge is -2.42. The third kappa shape index (κ3) is 6.01. The van der Waals surface area contributed by atoms with Gasteiger partial charge in [-0.1, -0.05) is 11.6 Å². The molecule has 1 spiro atoms. The summed E-state index contributed by atoms with van der Waals surface area (Å²) in [5, 5.41) is 8.95. The highest BCUT2D eigenvalue weighted by Gasteiger charge is 2.72. The molecule has 3 N–H and O–H groups in total. The molecule has 4 aliphatic rings. The van der Waals surface area contributed by atoms with Gasteiger partial charge in [-0.25, -0.2) is 4.79 Å². The number of alkyl carbamates (subject to hydrolysis) is 1. The first-order valence-electron chi connectivity index (χ1n) is 13.1. The number of ether oxygens (including phenoxy) is 4. The van der Waals surface area contributed by atoms with Gasteiger partial charge in [0.15, 0.2) is 0 Å². The number of likely N-dealkylation sites (N-methyl/N-ethyl adjacent to an activating group) is 1. The molecule has 0 radical (unpaired) electrons. The van der Waals surface area contributed by atoms with Gasteiger partial charge in [-0.3, -0.25) is 4.79 Å². The molecule has 0 bridgehead atoms. The number of hydrogen-bond acceptors (Lipinski definition) is 7. The van der Waals surface area contributed by atoms with Gasteiger partial charge in [-0.05, 0) is 72.8 Å². The van der Waals surface area contributed by atoms with Gasteiger partial charge in [0.25, 0.3) is 0 Å². The van der Waals surface area contributed by atoms with Crippen LogP contribution >= 0.6 is 0 Å². The zero-order chi connectivity index (χ0) is 25.2. The summed E-state index contributed by atoms with van der Waals surface area (Å²) in [6, 6.07) is 0.214. The summed E-state index contributed by atoms with van der Waals surface area (Å²) in [5.74, 6) is 0.0217. The summed E-state index contributed by atoms with van der Waals surface area (Å²) in [5.41, 5.74) is 0.693. The molecule has 0 aromatic carbocycles. The first-order chi connectivity index (χ1) is 16.7. The highest BCUT2D eigenvalue weighted by atomic mass is 16.6. The van der Waals surface area contributed by atoms with Crippen molar-refractivity contribution in [2.45, 2.75) is 107 Å². The van der Waals surface area contributed by atoms with E-state index in [1.165, 1.54) is 5.57 Å². The number of carbonyl (C=O) groups excluding carboxylic acids is 2. The molecule has 4 fully saturated rings. The number of hydrogen-bond donors (Lipinski definition) is 3. The molecular weight excluding hydrogens is 450 g/mol. The van der Waals surface area contributed by atoms with Crippen LogP contribution in [0.15, 0.2) is 11.6 Å². The third-order valence-electron chi connectivity index (χ3n) is 8.25. The van der Waals surface area contributed by atoms with Crippen LogP contribution in [-0.4, -0.2) is 80.9 Å². The minimum Gasteiger partial charge on any atom is -0.443 e. The van der Waals surface area contributed by atoms with Gasteiger partial charge in [-0.15, -0.1) is 0 Å². The van der Waals surface area contributed by atoms with E-state index >= 15 is 0 Å². The zero-order valence-corrected chi connectivity index (χ0v) is 21.9. The minimum absolute atomic E-state index is 0.00891. The minimum atomic E-state index is -0.394. The topological polar surface area (TPSA) is 114 Å². The summed E-state index contributed by atoms with van der Waals surface area (Å²) < 4.78 is 24.1. The van der Waals surface area contributed by atoms with E-state index in [-0.39, 0.29) is 53.4 Å². The van der Waals surface area contributed by atoms with Crippen molar-refractivity contribution in [3.8, 4) is 0 Å². The van der Waals surface area contributed by atoms with Crippen LogP contribution in [0.4, 0.5) is 4.79 Å². The number of carbonyl (C=O) groups is 2. The van der Waals surface area contributed by atoms with E-state index in [0.29, 0.717) is 19.6 Å². The Morgan fingerprint density at radius 2 is 1.74 bits per heavy atom. The predicted molar refractivity (Wildman–Crippen MR) is 131 cm³/mol. The van der Waals surface area contributed by atoms with Crippen LogP contribution in [0.1, 0.15) is 65.7 Å². The number of nitrogens with one attached hydrogen (secondary N) is 3. The fourth-order valence-corrected chi connectivity index (χ4v) is 6.23. The zero-order valence-electron chi connectivity index (χ0n) is 21.9. The van der Waals surface area contributed by atoms with Crippen LogP contribution in [0.25, 0.3) is 0 Å². The van der Waals surface area contributed by atoms with Crippen LogP contribution in [0.3, 0.4) is 0 Å². The van der Waals surface area contributed by atoms with Crippen molar-refractivity contribution in [1.29, 1.82) is 0 Å². The second-order valence-electron chi connectivity index (χ2n) is 11.1. The molecule has 9 nitrogen and oxygen atoms in total. The van der Waals surface area contributed by atoms with Crippen molar-refractivity contribution < 1.29 is 28.5 Å². The van der Waals surface area contributed by atoms with Crippen molar-refractivity contribution in [1.82, 2.24) is 16.0 Å². The number of amides is 2. The van der Waals surface area contributed by atoms with E-state index in [9.17, 15) is 9.59 Å². The average Bonchev–Trinajstić information content (AvgIpc) is 3.72. The Hall–Kier alpha value is -1.68. The number of epoxide rings is 2. The molecule has 0 aromatic rings. The molecular formula is C26H43N3O6. The number of allylic oxidation sites excluding steroid dienone is 1. The molecule has 4 rings (SSSR count). The lowest BCUT2D eigenvalue weighted by Crippen LogP contribution is -2.56. The highest BCUT2D eigenvalue weighted by Crippen LogP contribution is 2.59. The summed E-state index contributed by atoms with van der Waals surface area (Å²) in [7, 11) is 3.45. The van der Waals surface area contributed by atoms with E-state index in [0.717, 1.165) is 38.5 Å². The molecule has 198 valence electrons. The molecule has 9 heteroatoms. The van der Waals surface area contributed by atoms with Crippen LogP contribution < -0.4 is 16.0 Å². The molecule has 2 saturated heterocycles. The van der Waals surface area contributed by atoms with E-state index in [1.54, 1.807) is 14.2 Å². The van der Waals surface area contributed by atoms with Crippen molar-refractivity contribution in [3.05, 3.63) is 11.6 Å². The van der Waals surface area contributed by atoms with Gasteiger partial charge >= 0.3 is 6.09 Å². The largest absolute Gasteiger partial charge is 0.443 e. The van der Waals surface area contributed by atoms with Gasteiger partial charge in [0.2, 0.25) is 5.91 Å². The maximum absolute atomic E-state index is 12.8. The van der Waals surface area contributed by atoms with Gasteiger partial charge < -0.3 is 34.9 Å².